The molecule has 0 saturated carbocycles. The van der Waals surface area contributed by atoms with Crippen LogP contribution >= 0.6 is 0 Å². The van der Waals surface area contributed by atoms with Crippen LogP contribution in [0.5, 0.6) is 0 Å². The van der Waals surface area contributed by atoms with Crippen molar-refractivity contribution in [3.8, 4) is 6.07 Å². The van der Waals surface area contributed by atoms with Crippen molar-refractivity contribution in [1.82, 2.24) is 14.9 Å². The minimum Gasteiger partial charge on any atom is -0.465 e. The average Bonchev–Trinajstić information content (AvgIpc) is 3.14. The Morgan fingerprint density at radius 3 is 3.00 bits per heavy atom. The molecule has 0 radical (unpaired) electrons. The molecule has 7 heteroatoms. The summed E-state index contributed by atoms with van der Waals surface area (Å²) in [5, 5.41) is 21.8. The summed E-state index contributed by atoms with van der Waals surface area (Å²) in [7, 11) is 0. The Morgan fingerprint density at radius 1 is 1.42 bits per heavy atom. The predicted molar refractivity (Wildman–Crippen MR) is 96.8 cm³/mol. The minimum atomic E-state index is -1.02. The second kappa shape index (κ2) is 6.08. The number of benzene rings is 1. The first kappa shape index (κ1) is 16.0. The molecule has 1 atom stereocenters. The van der Waals surface area contributed by atoms with Crippen LogP contribution in [0.25, 0.3) is 10.9 Å². The molecular formula is C19H17N5O2. The van der Waals surface area contributed by atoms with Crippen molar-refractivity contribution in [3.63, 3.8) is 0 Å². The number of nitriles is 1. The lowest BCUT2D eigenvalue weighted by molar-refractivity contribution is 0.190. The zero-order valence-corrected chi connectivity index (χ0v) is 13.9. The number of anilines is 1. The van der Waals surface area contributed by atoms with Crippen LogP contribution in [-0.4, -0.2) is 26.8 Å². The van der Waals surface area contributed by atoms with E-state index in [1.54, 1.807) is 12.3 Å². The lowest BCUT2D eigenvalue weighted by Gasteiger charge is -2.14. The van der Waals surface area contributed by atoms with E-state index in [9.17, 15) is 10.1 Å². The summed E-state index contributed by atoms with van der Waals surface area (Å²) in [4.78, 5) is 15.2. The first-order valence-corrected chi connectivity index (χ1v) is 8.29. The van der Waals surface area contributed by atoms with Gasteiger partial charge in [-0.05, 0) is 36.2 Å². The Labute approximate surface area is 149 Å². The minimum absolute atomic E-state index is 0.162. The Bertz CT molecular complexity index is 1060. The number of aromatic nitrogens is 2. The number of fused-ring (bicyclic) bond motifs is 3. The normalized spacial score (nSPS) is 15.6. The summed E-state index contributed by atoms with van der Waals surface area (Å²) in [6, 6.07) is 11.4. The Kier molecular flexibility index (Phi) is 3.73. The van der Waals surface area contributed by atoms with Crippen molar-refractivity contribution in [1.29, 1.82) is 5.26 Å². The van der Waals surface area contributed by atoms with E-state index in [4.69, 9.17) is 10.8 Å². The van der Waals surface area contributed by atoms with E-state index in [0.29, 0.717) is 30.8 Å². The Balaban J connectivity index is 1.83. The number of carboxylic acid groups (broad SMARTS) is 1. The zero-order chi connectivity index (χ0) is 18.3. The number of amides is 1. The van der Waals surface area contributed by atoms with Gasteiger partial charge in [0.1, 0.15) is 5.82 Å². The lowest BCUT2D eigenvalue weighted by Crippen LogP contribution is -2.34. The molecule has 1 aliphatic carbocycles. The van der Waals surface area contributed by atoms with Crippen LogP contribution in [0.4, 0.5) is 10.6 Å². The van der Waals surface area contributed by atoms with Gasteiger partial charge in [0.25, 0.3) is 0 Å². The molecule has 0 spiro atoms. The monoisotopic (exact) mass is 347 g/mol. The maximum absolute atomic E-state index is 11.0. The summed E-state index contributed by atoms with van der Waals surface area (Å²) >= 11 is 0. The number of nitrogens with one attached hydrogen (secondary N) is 1. The molecule has 2 heterocycles. The highest BCUT2D eigenvalue weighted by Gasteiger charge is 2.29. The van der Waals surface area contributed by atoms with Gasteiger partial charge < -0.3 is 20.7 Å². The van der Waals surface area contributed by atoms with E-state index in [2.05, 4.69) is 20.9 Å². The summed E-state index contributed by atoms with van der Waals surface area (Å²) in [5.74, 6) is 0.481. The number of nitrogens with two attached hydrogens (primary N) is 1. The van der Waals surface area contributed by atoms with E-state index < -0.39 is 6.09 Å². The van der Waals surface area contributed by atoms with Gasteiger partial charge in [-0.1, -0.05) is 6.07 Å². The van der Waals surface area contributed by atoms with Gasteiger partial charge in [0.15, 0.2) is 0 Å². The van der Waals surface area contributed by atoms with Gasteiger partial charge in [0.2, 0.25) is 0 Å². The quantitative estimate of drug-likeness (QED) is 0.672. The molecule has 4 rings (SSSR count). The maximum atomic E-state index is 11.0. The molecule has 0 unspecified atom stereocenters. The predicted octanol–water partition coefficient (Wildman–Crippen LogP) is 2.27. The topological polar surface area (TPSA) is 117 Å². The van der Waals surface area contributed by atoms with Gasteiger partial charge >= 0.3 is 6.09 Å². The van der Waals surface area contributed by atoms with Crippen LogP contribution in [0, 0.1) is 11.3 Å². The summed E-state index contributed by atoms with van der Waals surface area (Å²) in [6.07, 6.45) is 1.86. The second-order valence-electron chi connectivity index (χ2n) is 6.46. The lowest BCUT2D eigenvalue weighted by atomic mass is 10.1. The second-order valence-corrected chi connectivity index (χ2v) is 6.46. The summed E-state index contributed by atoms with van der Waals surface area (Å²) < 4.78 is 2.16. The number of hydrogen-bond donors (Lipinski definition) is 3. The number of nitrogens with zero attached hydrogens (tertiary/aromatic N) is 3. The third-order valence-electron chi connectivity index (χ3n) is 4.89. The van der Waals surface area contributed by atoms with Crippen LogP contribution < -0.4 is 11.1 Å². The maximum Gasteiger partial charge on any atom is 0.404 e. The highest BCUT2D eigenvalue weighted by Crippen LogP contribution is 2.34. The highest BCUT2D eigenvalue weighted by atomic mass is 16.4. The fraction of sp³-hybridized carbons (Fsp3) is 0.211. The third-order valence-corrected chi connectivity index (χ3v) is 4.89. The van der Waals surface area contributed by atoms with Gasteiger partial charge in [0.05, 0.1) is 18.2 Å². The van der Waals surface area contributed by atoms with Crippen LogP contribution in [0.15, 0.2) is 36.5 Å². The fourth-order valence-corrected chi connectivity index (χ4v) is 3.77. The Morgan fingerprint density at radius 2 is 2.27 bits per heavy atom. The zero-order valence-electron chi connectivity index (χ0n) is 13.9. The van der Waals surface area contributed by atoms with Crippen LogP contribution in [0.2, 0.25) is 0 Å². The average molecular weight is 347 g/mol. The fourth-order valence-electron chi connectivity index (χ4n) is 3.77. The highest BCUT2D eigenvalue weighted by molar-refractivity contribution is 5.88. The van der Waals surface area contributed by atoms with Crippen molar-refractivity contribution < 1.29 is 9.90 Å². The van der Waals surface area contributed by atoms with Crippen molar-refractivity contribution in [2.75, 3.05) is 5.73 Å². The van der Waals surface area contributed by atoms with E-state index in [1.807, 2.05) is 24.3 Å². The van der Waals surface area contributed by atoms with E-state index in [0.717, 1.165) is 27.7 Å². The van der Waals surface area contributed by atoms with Crippen molar-refractivity contribution in [2.24, 2.45) is 0 Å². The van der Waals surface area contributed by atoms with Crippen LogP contribution in [-0.2, 0) is 19.4 Å². The van der Waals surface area contributed by atoms with Gasteiger partial charge in [-0.15, -0.1) is 0 Å². The molecule has 1 aromatic carbocycles. The van der Waals surface area contributed by atoms with E-state index in [-0.39, 0.29) is 6.04 Å². The molecule has 0 saturated heterocycles. The van der Waals surface area contributed by atoms with Gasteiger partial charge in [0, 0.05) is 40.8 Å². The number of hydrogen-bond acceptors (Lipinski definition) is 4. The standard InChI is InChI=1S/C19H17N5O2/c20-9-11-3-4-16-14(6-11)15-7-13(23-19(25)26)8-17(15)24(16)10-12-2-1-5-22-18(12)21/h1-6,13,23H,7-8,10H2,(H2,21,22)(H,25,26)/t13-/m0/s1. The smallest absolute Gasteiger partial charge is 0.404 e. The molecule has 2 aromatic heterocycles. The van der Waals surface area contributed by atoms with E-state index >= 15 is 0 Å². The summed E-state index contributed by atoms with van der Waals surface area (Å²) in [5.41, 5.74) is 10.7. The first-order chi connectivity index (χ1) is 12.6. The molecule has 1 amide bonds. The molecule has 0 aliphatic heterocycles. The van der Waals surface area contributed by atoms with Gasteiger partial charge in [-0.25, -0.2) is 9.78 Å². The number of nitrogen functional groups attached to an aromatic ring is 1. The number of pyridine rings is 1. The molecule has 0 fully saturated rings. The largest absolute Gasteiger partial charge is 0.465 e. The van der Waals surface area contributed by atoms with Crippen LogP contribution in [0.1, 0.15) is 22.4 Å². The molecule has 1 aliphatic rings. The van der Waals surface area contributed by atoms with Gasteiger partial charge in [-0.2, -0.15) is 5.26 Å². The van der Waals surface area contributed by atoms with Crippen LogP contribution in [0.3, 0.4) is 0 Å². The molecular weight excluding hydrogens is 330 g/mol. The Hall–Kier alpha value is -3.53. The number of carbonyl (C=O) groups is 1. The third kappa shape index (κ3) is 2.62. The molecule has 3 aromatic rings. The molecule has 26 heavy (non-hydrogen) atoms. The molecule has 0 bridgehead atoms. The SMILES string of the molecule is N#Cc1ccc2c(c1)c1c(n2Cc2cccnc2N)C[C@@H](NC(=O)O)C1. The molecule has 4 N–H and O–H groups in total. The molecule has 130 valence electrons. The van der Waals surface area contributed by atoms with E-state index in [1.165, 1.54) is 0 Å². The van der Waals surface area contributed by atoms with Crippen molar-refractivity contribution in [3.05, 3.63) is 58.9 Å². The van der Waals surface area contributed by atoms with Crippen molar-refractivity contribution in [2.45, 2.75) is 25.4 Å². The number of rotatable bonds is 3. The van der Waals surface area contributed by atoms with Crippen molar-refractivity contribution >= 4 is 22.8 Å². The van der Waals surface area contributed by atoms with Gasteiger partial charge in [-0.3, -0.25) is 0 Å². The summed E-state index contributed by atoms with van der Waals surface area (Å²) in [6.45, 7) is 0.553. The first-order valence-electron chi connectivity index (χ1n) is 8.29. The molecule has 7 nitrogen and oxygen atoms in total.